The second-order valence-electron chi connectivity index (χ2n) is 3.33. The second kappa shape index (κ2) is 2.36. The van der Waals surface area contributed by atoms with Crippen LogP contribution in [0.3, 0.4) is 0 Å². The monoisotopic (exact) mass is 152 g/mol. The highest BCUT2D eigenvalue weighted by Gasteiger charge is 2.41. The van der Waals surface area contributed by atoms with E-state index < -0.39 is 0 Å². The normalized spacial score (nSPS) is 41.9. The van der Waals surface area contributed by atoms with Crippen molar-refractivity contribution in [1.29, 1.82) is 0 Å². The number of carbonyl (C=O) groups excluding carboxylic acids is 1. The van der Waals surface area contributed by atoms with Crippen LogP contribution in [0.25, 0.3) is 0 Å². The minimum absolute atomic E-state index is 0.00634. The molecule has 2 heteroatoms. The molecule has 2 rings (SSSR count). The number of hydrogen-bond donors (Lipinski definition) is 0. The van der Waals surface area contributed by atoms with Gasteiger partial charge in [-0.25, -0.2) is 0 Å². The molecular weight excluding hydrogens is 140 g/mol. The summed E-state index contributed by atoms with van der Waals surface area (Å²) in [5.74, 6) is 0.526. The van der Waals surface area contributed by atoms with E-state index in [4.69, 9.17) is 4.74 Å². The predicted octanol–water partition coefficient (Wildman–Crippen LogP) is 1.51. The maximum atomic E-state index is 11.2. The summed E-state index contributed by atoms with van der Waals surface area (Å²) in [5, 5.41) is 0. The number of rotatable bonds is 0. The standard InChI is InChI=1S/C9H12O2/c1-6-7-4-2-3-5-8(7)9(10)11-6/h2,4,6-8H,3,5H2,1H3/t6-,7-,8-/m0/s1. The molecule has 0 aromatic heterocycles. The van der Waals surface area contributed by atoms with Crippen LogP contribution in [0.15, 0.2) is 12.2 Å². The minimum Gasteiger partial charge on any atom is -0.462 e. The fourth-order valence-electron chi connectivity index (χ4n) is 1.96. The average Bonchev–Trinajstić information content (AvgIpc) is 2.30. The Morgan fingerprint density at radius 2 is 2.45 bits per heavy atom. The van der Waals surface area contributed by atoms with Crippen molar-refractivity contribution in [2.45, 2.75) is 25.9 Å². The summed E-state index contributed by atoms with van der Waals surface area (Å²) in [7, 11) is 0. The van der Waals surface area contributed by atoms with Gasteiger partial charge in [0.25, 0.3) is 0 Å². The van der Waals surface area contributed by atoms with E-state index in [2.05, 4.69) is 12.2 Å². The van der Waals surface area contributed by atoms with Gasteiger partial charge in [-0.05, 0) is 19.8 Å². The predicted molar refractivity (Wildman–Crippen MR) is 40.9 cm³/mol. The maximum Gasteiger partial charge on any atom is 0.309 e. The first-order valence-corrected chi connectivity index (χ1v) is 4.16. The van der Waals surface area contributed by atoms with Gasteiger partial charge in [0.15, 0.2) is 0 Å². The lowest BCUT2D eigenvalue weighted by molar-refractivity contribution is -0.143. The summed E-state index contributed by atoms with van der Waals surface area (Å²) >= 11 is 0. The number of allylic oxidation sites excluding steroid dienone is 1. The van der Waals surface area contributed by atoms with Crippen molar-refractivity contribution in [1.82, 2.24) is 0 Å². The molecule has 1 aliphatic heterocycles. The van der Waals surface area contributed by atoms with Crippen molar-refractivity contribution < 1.29 is 9.53 Å². The van der Waals surface area contributed by atoms with E-state index in [-0.39, 0.29) is 18.0 Å². The SMILES string of the molecule is C[C@@H]1OC(=O)[C@H]2CCC=C[C@@H]12. The molecular formula is C9H12O2. The highest BCUT2D eigenvalue weighted by Crippen LogP contribution is 2.35. The Labute approximate surface area is 66.2 Å². The Kier molecular flexibility index (Phi) is 1.48. The molecule has 0 unspecified atom stereocenters. The molecule has 1 heterocycles. The number of hydrogen-bond acceptors (Lipinski definition) is 2. The zero-order valence-electron chi connectivity index (χ0n) is 6.62. The van der Waals surface area contributed by atoms with Crippen LogP contribution < -0.4 is 0 Å². The molecule has 1 aliphatic carbocycles. The van der Waals surface area contributed by atoms with Crippen molar-refractivity contribution in [3.8, 4) is 0 Å². The van der Waals surface area contributed by atoms with E-state index in [0.29, 0.717) is 5.92 Å². The lowest BCUT2D eigenvalue weighted by atomic mass is 9.83. The van der Waals surface area contributed by atoms with Gasteiger partial charge in [0, 0.05) is 5.92 Å². The van der Waals surface area contributed by atoms with Crippen LogP contribution in [0.2, 0.25) is 0 Å². The number of carbonyl (C=O) groups is 1. The Morgan fingerprint density at radius 1 is 1.64 bits per heavy atom. The van der Waals surface area contributed by atoms with E-state index in [1.54, 1.807) is 0 Å². The lowest BCUT2D eigenvalue weighted by Gasteiger charge is -2.17. The topological polar surface area (TPSA) is 26.3 Å². The first-order valence-electron chi connectivity index (χ1n) is 4.16. The minimum atomic E-state index is 0.00634. The van der Waals surface area contributed by atoms with Crippen LogP contribution in [-0.4, -0.2) is 12.1 Å². The van der Waals surface area contributed by atoms with Gasteiger partial charge in [-0.15, -0.1) is 0 Å². The molecule has 1 saturated heterocycles. The molecule has 0 saturated carbocycles. The fourth-order valence-corrected chi connectivity index (χ4v) is 1.96. The molecule has 0 amide bonds. The number of esters is 1. The Balaban J connectivity index is 2.24. The first-order chi connectivity index (χ1) is 5.29. The summed E-state index contributed by atoms with van der Waals surface area (Å²) < 4.78 is 5.12. The summed E-state index contributed by atoms with van der Waals surface area (Å²) in [5.41, 5.74) is 0. The highest BCUT2D eigenvalue weighted by atomic mass is 16.6. The Bertz CT molecular complexity index is 208. The summed E-state index contributed by atoms with van der Waals surface area (Å²) in [4.78, 5) is 11.2. The van der Waals surface area contributed by atoms with Gasteiger partial charge in [-0.2, -0.15) is 0 Å². The molecule has 11 heavy (non-hydrogen) atoms. The third kappa shape index (κ3) is 0.971. The number of cyclic esters (lactones) is 1. The van der Waals surface area contributed by atoms with E-state index in [1.165, 1.54) is 0 Å². The van der Waals surface area contributed by atoms with E-state index >= 15 is 0 Å². The summed E-state index contributed by atoms with van der Waals surface area (Å²) in [6.07, 6.45) is 6.39. The van der Waals surface area contributed by atoms with Gasteiger partial charge in [0.05, 0.1) is 5.92 Å². The van der Waals surface area contributed by atoms with Gasteiger partial charge >= 0.3 is 5.97 Å². The van der Waals surface area contributed by atoms with Crippen molar-refractivity contribution in [2.24, 2.45) is 11.8 Å². The third-order valence-corrected chi connectivity index (χ3v) is 2.61. The van der Waals surface area contributed by atoms with Gasteiger partial charge in [-0.3, -0.25) is 4.79 Å². The smallest absolute Gasteiger partial charge is 0.309 e. The van der Waals surface area contributed by atoms with Crippen LogP contribution in [0.5, 0.6) is 0 Å². The average molecular weight is 152 g/mol. The van der Waals surface area contributed by atoms with Crippen LogP contribution in [-0.2, 0) is 9.53 Å². The maximum absolute atomic E-state index is 11.2. The van der Waals surface area contributed by atoms with E-state index in [9.17, 15) is 4.79 Å². The highest BCUT2D eigenvalue weighted by molar-refractivity contribution is 5.75. The molecule has 2 aliphatic rings. The van der Waals surface area contributed by atoms with Gasteiger partial charge in [-0.1, -0.05) is 12.2 Å². The number of fused-ring (bicyclic) bond motifs is 1. The summed E-state index contributed by atoms with van der Waals surface area (Å²) in [6, 6.07) is 0. The fraction of sp³-hybridized carbons (Fsp3) is 0.667. The van der Waals surface area contributed by atoms with Crippen LogP contribution in [0.4, 0.5) is 0 Å². The molecule has 1 fully saturated rings. The van der Waals surface area contributed by atoms with Crippen molar-refractivity contribution in [2.75, 3.05) is 0 Å². The zero-order chi connectivity index (χ0) is 7.84. The second-order valence-corrected chi connectivity index (χ2v) is 3.33. The Morgan fingerprint density at radius 3 is 3.18 bits per heavy atom. The van der Waals surface area contributed by atoms with E-state index in [1.807, 2.05) is 6.92 Å². The van der Waals surface area contributed by atoms with Crippen LogP contribution in [0, 0.1) is 11.8 Å². The molecule has 2 nitrogen and oxygen atoms in total. The lowest BCUT2D eigenvalue weighted by Crippen LogP contribution is -2.19. The molecule has 0 N–H and O–H groups in total. The zero-order valence-corrected chi connectivity index (χ0v) is 6.62. The van der Waals surface area contributed by atoms with Crippen LogP contribution >= 0.6 is 0 Å². The molecule has 60 valence electrons. The molecule has 0 radical (unpaired) electrons. The van der Waals surface area contributed by atoms with Gasteiger partial charge < -0.3 is 4.74 Å². The first kappa shape index (κ1) is 6.89. The molecule has 0 aromatic rings. The molecule has 3 atom stereocenters. The molecule has 0 spiro atoms. The number of ether oxygens (including phenoxy) is 1. The van der Waals surface area contributed by atoms with Gasteiger partial charge in [0.1, 0.15) is 6.10 Å². The molecule has 0 bridgehead atoms. The molecule has 0 aromatic carbocycles. The van der Waals surface area contributed by atoms with Crippen molar-refractivity contribution >= 4 is 5.97 Å². The summed E-state index contributed by atoms with van der Waals surface area (Å²) in [6.45, 7) is 1.97. The largest absolute Gasteiger partial charge is 0.462 e. The van der Waals surface area contributed by atoms with Gasteiger partial charge in [0.2, 0.25) is 0 Å². The van der Waals surface area contributed by atoms with Crippen LogP contribution in [0.1, 0.15) is 19.8 Å². The Hall–Kier alpha value is -0.790. The third-order valence-electron chi connectivity index (χ3n) is 2.61. The quantitative estimate of drug-likeness (QED) is 0.388. The van der Waals surface area contributed by atoms with Crippen molar-refractivity contribution in [3.63, 3.8) is 0 Å². The van der Waals surface area contributed by atoms with Crippen molar-refractivity contribution in [3.05, 3.63) is 12.2 Å². The van der Waals surface area contributed by atoms with E-state index in [0.717, 1.165) is 12.8 Å².